The van der Waals surface area contributed by atoms with Gasteiger partial charge in [-0.2, -0.15) is 0 Å². The van der Waals surface area contributed by atoms with E-state index in [9.17, 15) is 13.2 Å². The van der Waals surface area contributed by atoms with Gasteiger partial charge in [0, 0.05) is 31.8 Å². The van der Waals surface area contributed by atoms with Gasteiger partial charge in [0.2, 0.25) is 0 Å². The smallest absolute Gasteiger partial charge is 0.191 e. The highest BCUT2D eigenvalue weighted by molar-refractivity contribution is 14.0. The Labute approximate surface area is 186 Å². The van der Waals surface area contributed by atoms with Gasteiger partial charge in [-0.15, -0.1) is 24.0 Å². The van der Waals surface area contributed by atoms with Gasteiger partial charge in [-0.1, -0.05) is 6.07 Å². The summed E-state index contributed by atoms with van der Waals surface area (Å²) in [5.74, 6) is -1.10. The molecule has 2 rings (SSSR count). The molecule has 0 aliphatic carbocycles. The van der Waals surface area contributed by atoms with E-state index in [0.29, 0.717) is 31.2 Å². The van der Waals surface area contributed by atoms with Crippen molar-refractivity contribution in [3.63, 3.8) is 0 Å². The molecule has 0 atom stereocenters. The molecule has 0 unspecified atom stereocenters. The Bertz CT molecular complexity index is 818. The molecule has 0 amide bonds. The predicted octanol–water partition coefficient (Wildman–Crippen LogP) is 3.53. The molecule has 0 spiro atoms. The van der Waals surface area contributed by atoms with E-state index < -0.39 is 11.6 Å². The van der Waals surface area contributed by atoms with Crippen LogP contribution in [0.25, 0.3) is 0 Å². The van der Waals surface area contributed by atoms with Crippen molar-refractivity contribution in [3.05, 3.63) is 65.0 Å². The first-order valence-corrected chi connectivity index (χ1v) is 8.83. The van der Waals surface area contributed by atoms with Crippen LogP contribution in [0.1, 0.15) is 11.1 Å². The van der Waals surface area contributed by atoms with Crippen LogP contribution in [0, 0.1) is 17.5 Å². The van der Waals surface area contributed by atoms with Crippen molar-refractivity contribution >= 4 is 29.9 Å². The highest BCUT2D eigenvalue weighted by Crippen LogP contribution is 2.17. The molecule has 0 bridgehead atoms. The lowest BCUT2D eigenvalue weighted by molar-refractivity contribution is 0.304. The Balaban J connectivity index is 0.00000420. The monoisotopic (exact) mass is 522 g/mol. The van der Waals surface area contributed by atoms with Gasteiger partial charge < -0.3 is 20.3 Å². The van der Waals surface area contributed by atoms with E-state index in [2.05, 4.69) is 15.6 Å². The summed E-state index contributed by atoms with van der Waals surface area (Å²) in [5, 5.41) is 6.16. The van der Waals surface area contributed by atoms with Crippen LogP contribution in [0.5, 0.6) is 5.75 Å². The zero-order valence-corrected chi connectivity index (χ0v) is 19.0. The minimum absolute atomic E-state index is 0. The first-order valence-electron chi connectivity index (χ1n) is 8.83. The first kappa shape index (κ1) is 25.0. The number of rotatable bonds is 8. The van der Waals surface area contributed by atoms with Crippen molar-refractivity contribution < 1.29 is 17.9 Å². The van der Waals surface area contributed by atoms with Crippen LogP contribution in [-0.2, 0) is 13.1 Å². The third-order valence-corrected chi connectivity index (χ3v) is 3.83. The molecule has 0 heterocycles. The van der Waals surface area contributed by atoms with E-state index in [1.807, 2.05) is 25.1 Å². The maximum Gasteiger partial charge on any atom is 0.191 e. The molecule has 0 aromatic heterocycles. The van der Waals surface area contributed by atoms with Crippen LogP contribution in [-0.4, -0.2) is 45.2 Å². The van der Waals surface area contributed by atoms with Crippen LogP contribution in [0.15, 0.2) is 41.4 Å². The van der Waals surface area contributed by atoms with Crippen molar-refractivity contribution in [2.24, 2.45) is 4.99 Å². The topological polar surface area (TPSA) is 48.9 Å². The summed E-state index contributed by atoms with van der Waals surface area (Å²) >= 11 is 0. The van der Waals surface area contributed by atoms with Crippen LogP contribution in [0.3, 0.4) is 0 Å². The van der Waals surface area contributed by atoms with E-state index in [1.54, 1.807) is 13.1 Å². The molecular weight excluding hydrogens is 496 g/mol. The van der Waals surface area contributed by atoms with Gasteiger partial charge in [-0.3, -0.25) is 4.99 Å². The summed E-state index contributed by atoms with van der Waals surface area (Å²) in [6.07, 6.45) is 0. The maximum absolute atomic E-state index is 13.8. The molecule has 2 aromatic rings. The Morgan fingerprint density at radius 3 is 2.45 bits per heavy atom. The van der Waals surface area contributed by atoms with E-state index in [1.165, 1.54) is 12.1 Å². The number of nitrogens with zero attached hydrogens (tertiary/aromatic N) is 2. The third kappa shape index (κ3) is 8.48. The summed E-state index contributed by atoms with van der Waals surface area (Å²) in [5.41, 5.74) is 1.55. The van der Waals surface area contributed by atoms with Crippen molar-refractivity contribution in [2.75, 3.05) is 34.3 Å². The van der Waals surface area contributed by atoms with Gasteiger partial charge in [0.1, 0.15) is 18.2 Å². The summed E-state index contributed by atoms with van der Waals surface area (Å²) < 4.78 is 45.5. The van der Waals surface area contributed by atoms with Crippen LogP contribution in [0.2, 0.25) is 0 Å². The lowest BCUT2D eigenvalue weighted by Crippen LogP contribution is -2.38. The number of hydrogen-bond donors (Lipinski definition) is 2. The third-order valence-electron chi connectivity index (χ3n) is 3.83. The second kappa shape index (κ2) is 12.5. The van der Waals surface area contributed by atoms with E-state index in [-0.39, 0.29) is 42.2 Å². The normalized spacial score (nSPS) is 11.2. The number of benzene rings is 2. The number of nitrogens with one attached hydrogen (secondary N) is 2. The molecule has 160 valence electrons. The average Bonchev–Trinajstić information content (AvgIpc) is 2.64. The average molecular weight is 522 g/mol. The molecule has 0 fully saturated rings. The quantitative estimate of drug-likeness (QED) is 0.241. The number of aliphatic imine (C=N–C) groups is 1. The lowest BCUT2D eigenvalue weighted by atomic mass is 10.1. The van der Waals surface area contributed by atoms with Gasteiger partial charge in [0.05, 0.1) is 6.54 Å². The Hall–Kier alpha value is -2.01. The molecule has 2 aromatic carbocycles. The van der Waals surface area contributed by atoms with E-state index in [4.69, 9.17) is 4.74 Å². The lowest BCUT2D eigenvalue weighted by Gasteiger charge is -2.14. The van der Waals surface area contributed by atoms with Crippen molar-refractivity contribution in [1.29, 1.82) is 0 Å². The molecule has 0 radical (unpaired) electrons. The largest absolute Gasteiger partial charge is 0.489 e. The standard InChI is InChI=1S/C20H25F3N4O.HI/c1-24-20(25-8-9-28-19-7-5-16(21)11-18(19)23)26-12-14-4-6-17(22)15(10-14)13-27(2)3;/h4-7,10-11H,8-9,12-13H2,1-3H3,(H2,24,25,26);1H. The SMILES string of the molecule is CN=C(NCCOc1ccc(F)cc1F)NCc1ccc(F)c(CN(C)C)c1.I. The number of halogens is 4. The first-order chi connectivity index (χ1) is 13.4. The second-order valence-electron chi connectivity index (χ2n) is 6.44. The number of ether oxygens (including phenoxy) is 1. The molecular formula is C20H26F3IN4O. The fourth-order valence-corrected chi connectivity index (χ4v) is 2.53. The molecule has 2 N–H and O–H groups in total. The summed E-state index contributed by atoms with van der Waals surface area (Å²) in [6, 6.07) is 8.15. The number of guanidine groups is 1. The van der Waals surface area contributed by atoms with Crippen LogP contribution in [0.4, 0.5) is 13.2 Å². The van der Waals surface area contributed by atoms with Gasteiger partial charge in [0.15, 0.2) is 17.5 Å². The van der Waals surface area contributed by atoms with Crippen LogP contribution < -0.4 is 15.4 Å². The van der Waals surface area contributed by atoms with E-state index >= 15 is 0 Å². The Morgan fingerprint density at radius 2 is 1.79 bits per heavy atom. The molecule has 0 saturated heterocycles. The molecule has 0 saturated carbocycles. The van der Waals surface area contributed by atoms with E-state index in [0.717, 1.165) is 17.7 Å². The Morgan fingerprint density at radius 1 is 1.03 bits per heavy atom. The fraction of sp³-hybridized carbons (Fsp3) is 0.350. The highest BCUT2D eigenvalue weighted by Gasteiger charge is 2.07. The minimum atomic E-state index is -0.743. The Kier molecular flexibility index (Phi) is 10.8. The maximum atomic E-state index is 13.8. The highest BCUT2D eigenvalue weighted by atomic mass is 127. The van der Waals surface area contributed by atoms with Gasteiger partial charge in [0.25, 0.3) is 0 Å². The predicted molar refractivity (Wildman–Crippen MR) is 119 cm³/mol. The fourth-order valence-electron chi connectivity index (χ4n) is 2.53. The summed E-state index contributed by atoms with van der Waals surface area (Å²) in [4.78, 5) is 6.00. The molecule has 9 heteroatoms. The van der Waals surface area contributed by atoms with Gasteiger partial charge >= 0.3 is 0 Å². The van der Waals surface area contributed by atoms with Crippen LogP contribution >= 0.6 is 24.0 Å². The van der Waals surface area contributed by atoms with Gasteiger partial charge in [-0.25, -0.2) is 13.2 Å². The molecule has 5 nitrogen and oxygen atoms in total. The second-order valence-corrected chi connectivity index (χ2v) is 6.44. The summed E-state index contributed by atoms with van der Waals surface area (Å²) in [7, 11) is 5.39. The van der Waals surface area contributed by atoms with Crippen molar-refractivity contribution in [1.82, 2.24) is 15.5 Å². The zero-order chi connectivity index (χ0) is 20.5. The van der Waals surface area contributed by atoms with Crippen molar-refractivity contribution in [2.45, 2.75) is 13.1 Å². The minimum Gasteiger partial charge on any atom is -0.489 e. The molecule has 0 aliphatic heterocycles. The van der Waals surface area contributed by atoms with Crippen molar-refractivity contribution in [3.8, 4) is 5.75 Å². The molecule has 29 heavy (non-hydrogen) atoms. The number of hydrogen-bond acceptors (Lipinski definition) is 3. The summed E-state index contributed by atoms with van der Waals surface area (Å²) in [6.45, 7) is 1.52. The zero-order valence-electron chi connectivity index (χ0n) is 16.6. The molecule has 0 aliphatic rings. The van der Waals surface area contributed by atoms with Gasteiger partial charge in [-0.05, 0) is 43.9 Å².